The van der Waals surface area contributed by atoms with Crippen molar-refractivity contribution < 1.29 is 18.6 Å². The molecule has 2 aromatic rings. The maximum absolute atomic E-state index is 14.5. The van der Waals surface area contributed by atoms with Gasteiger partial charge in [-0.2, -0.15) is 0 Å². The van der Waals surface area contributed by atoms with E-state index in [0.717, 1.165) is 5.56 Å². The minimum Gasteiger partial charge on any atom is -0.497 e. The van der Waals surface area contributed by atoms with Crippen molar-refractivity contribution >= 4 is 21.8 Å². The highest BCUT2D eigenvalue weighted by atomic mass is 79.9. The zero-order chi connectivity index (χ0) is 16.9. The fourth-order valence-corrected chi connectivity index (χ4v) is 3.59. The molecular formula is C17H14BrFN2O3. The summed E-state index contributed by atoms with van der Waals surface area (Å²) in [6.45, 7) is 0.480. The van der Waals surface area contributed by atoms with E-state index in [-0.39, 0.29) is 19.0 Å². The van der Waals surface area contributed by atoms with Crippen LogP contribution in [0.15, 0.2) is 39.8 Å². The van der Waals surface area contributed by atoms with Crippen LogP contribution in [0.4, 0.5) is 4.39 Å². The topological polar surface area (TPSA) is 66.1 Å². The first kappa shape index (κ1) is 15.4. The van der Waals surface area contributed by atoms with Gasteiger partial charge in [0.25, 0.3) is 0 Å². The number of benzene rings is 2. The van der Waals surface area contributed by atoms with Crippen molar-refractivity contribution in [3.8, 4) is 17.2 Å². The molecular weight excluding hydrogens is 379 g/mol. The number of nitrogens with zero attached hydrogens (tertiary/aromatic N) is 1. The third kappa shape index (κ3) is 2.19. The van der Waals surface area contributed by atoms with Crippen molar-refractivity contribution in [2.24, 2.45) is 10.7 Å². The van der Waals surface area contributed by atoms with Crippen LogP contribution in [-0.4, -0.2) is 26.2 Å². The first-order valence-electron chi connectivity index (χ1n) is 7.31. The number of ether oxygens (including phenoxy) is 3. The SMILES string of the molecule is COc1ccc2c(c1)C1(COCC(N)=N1)c1cc(Br)cc(F)c1O2. The number of fused-ring (bicyclic) bond motifs is 4. The monoisotopic (exact) mass is 392 g/mol. The summed E-state index contributed by atoms with van der Waals surface area (Å²) in [6, 6.07) is 8.46. The third-order valence-corrected chi connectivity index (χ3v) is 4.65. The van der Waals surface area contributed by atoms with E-state index in [1.54, 1.807) is 25.3 Å². The molecule has 7 heteroatoms. The number of methoxy groups -OCH3 is 1. The Morgan fingerprint density at radius 3 is 2.88 bits per heavy atom. The molecule has 1 unspecified atom stereocenters. The van der Waals surface area contributed by atoms with Gasteiger partial charge in [0.1, 0.15) is 29.5 Å². The lowest BCUT2D eigenvalue weighted by atomic mass is 9.80. The molecule has 4 rings (SSSR count). The van der Waals surface area contributed by atoms with E-state index >= 15 is 0 Å². The summed E-state index contributed by atoms with van der Waals surface area (Å²) in [5.41, 5.74) is 6.28. The van der Waals surface area contributed by atoms with Crippen LogP contribution in [0.5, 0.6) is 17.2 Å². The Labute approximate surface area is 146 Å². The van der Waals surface area contributed by atoms with E-state index in [9.17, 15) is 4.39 Å². The van der Waals surface area contributed by atoms with Crippen LogP contribution in [0.25, 0.3) is 0 Å². The van der Waals surface area contributed by atoms with Gasteiger partial charge < -0.3 is 19.9 Å². The molecule has 24 heavy (non-hydrogen) atoms. The van der Waals surface area contributed by atoms with Gasteiger partial charge >= 0.3 is 0 Å². The van der Waals surface area contributed by atoms with Crippen LogP contribution in [-0.2, 0) is 10.3 Å². The molecule has 2 aliphatic rings. The molecule has 2 N–H and O–H groups in total. The van der Waals surface area contributed by atoms with Gasteiger partial charge in [-0.05, 0) is 30.3 Å². The minimum absolute atomic E-state index is 0.137. The predicted molar refractivity (Wildman–Crippen MR) is 90.4 cm³/mol. The Morgan fingerprint density at radius 2 is 2.12 bits per heavy atom. The number of hydrogen-bond acceptors (Lipinski definition) is 5. The van der Waals surface area contributed by atoms with Crippen molar-refractivity contribution in [1.82, 2.24) is 0 Å². The van der Waals surface area contributed by atoms with Crippen molar-refractivity contribution in [2.45, 2.75) is 5.54 Å². The zero-order valence-corrected chi connectivity index (χ0v) is 14.4. The highest BCUT2D eigenvalue weighted by molar-refractivity contribution is 9.10. The van der Waals surface area contributed by atoms with E-state index in [4.69, 9.17) is 19.9 Å². The fraction of sp³-hybridized carbons (Fsp3) is 0.235. The van der Waals surface area contributed by atoms with Gasteiger partial charge in [0.2, 0.25) is 0 Å². The number of rotatable bonds is 1. The minimum atomic E-state index is -0.968. The number of amidine groups is 1. The van der Waals surface area contributed by atoms with E-state index in [1.165, 1.54) is 6.07 Å². The molecule has 0 radical (unpaired) electrons. The first-order chi connectivity index (χ1) is 11.5. The average molecular weight is 393 g/mol. The lowest BCUT2D eigenvalue weighted by Crippen LogP contribution is -2.42. The maximum Gasteiger partial charge on any atom is 0.169 e. The van der Waals surface area contributed by atoms with Crippen LogP contribution >= 0.6 is 15.9 Å². The van der Waals surface area contributed by atoms with Gasteiger partial charge in [-0.15, -0.1) is 0 Å². The summed E-state index contributed by atoms with van der Waals surface area (Å²) in [4.78, 5) is 4.66. The quantitative estimate of drug-likeness (QED) is 0.807. The Kier molecular flexibility index (Phi) is 3.51. The number of hydrogen-bond donors (Lipinski definition) is 1. The number of aliphatic imine (C=N–C) groups is 1. The molecule has 0 aromatic heterocycles. The smallest absolute Gasteiger partial charge is 0.169 e. The number of nitrogens with two attached hydrogens (primary N) is 1. The molecule has 0 saturated heterocycles. The van der Waals surface area contributed by atoms with Crippen LogP contribution in [0, 0.1) is 5.82 Å². The van der Waals surface area contributed by atoms with Gasteiger partial charge in [-0.1, -0.05) is 15.9 Å². The third-order valence-electron chi connectivity index (χ3n) is 4.19. The standard InChI is InChI=1S/C17H14BrFN2O3/c1-22-10-2-3-14-11(6-10)17(8-23-7-15(20)21-17)12-4-9(18)5-13(19)16(12)24-14/h2-6H,7-8H2,1H3,(H2,20,21). The molecule has 2 aliphatic heterocycles. The molecule has 124 valence electrons. The molecule has 2 aromatic carbocycles. The Hall–Kier alpha value is -2.12. The normalized spacial score (nSPS) is 21.5. The summed E-state index contributed by atoms with van der Waals surface area (Å²) in [6.07, 6.45) is 0. The van der Waals surface area contributed by atoms with Gasteiger partial charge in [0, 0.05) is 15.6 Å². The van der Waals surface area contributed by atoms with Crippen LogP contribution < -0.4 is 15.2 Å². The Bertz CT molecular complexity index is 871. The summed E-state index contributed by atoms with van der Waals surface area (Å²) in [5, 5.41) is 0. The van der Waals surface area contributed by atoms with E-state index in [1.807, 2.05) is 6.07 Å². The number of halogens is 2. The molecule has 0 saturated carbocycles. The van der Waals surface area contributed by atoms with Gasteiger partial charge in [0.15, 0.2) is 11.6 Å². The van der Waals surface area contributed by atoms with Gasteiger partial charge in [0.05, 0.1) is 13.7 Å². The van der Waals surface area contributed by atoms with E-state index in [0.29, 0.717) is 27.4 Å². The van der Waals surface area contributed by atoms with Crippen LogP contribution in [0.3, 0.4) is 0 Å². The highest BCUT2D eigenvalue weighted by Crippen LogP contribution is 2.52. The summed E-state index contributed by atoms with van der Waals surface area (Å²) >= 11 is 3.33. The highest BCUT2D eigenvalue weighted by Gasteiger charge is 2.46. The molecule has 0 fully saturated rings. The zero-order valence-electron chi connectivity index (χ0n) is 12.8. The molecule has 5 nitrogen and oxygen atoms in total. The molecule has 1 spiro atoms. The predicted octanol–water partition coefficient (Wildman–Crippen LogP) is 3.33. The summed E-state index contributed by atoms with van der Waals surface area (Å²) in [7, 11) is 1.58. The maximum atomic E-state index is 14.5. The van der Waals surface area contributed by atoms with E-state index in [2.05, 4.69) is 20.9 Å². The Morgan fingerprint density at radius 1 is 1.29 bits per heavy atom. The van der Waals surface area contributed by atoms with Crippen LogP contribution in [0.2, 0.25) is 0 Å². The van der Waals surface area contributed by atoms with E-state index < -0.39 is 11.4 Å². The van der Waals surface area contributed by atoms with Crippen molar-refractivity contribution in [3.63, 3.8) is 0 Å². The second kappa shape index (κ2) is 5.46. The first-order valence-corrected chi connectivity index (χ1v) is 8.10. The second-order valence-corrected chi connectivity index (χ2v) is 6.60. The molecule has 2 heterocycles. The Balaban J connectivity index is 2.06. The molecule has 0 aliphatic carbocycles. The summed E-state index contributed by atoms with van der Waals surface area (Å²) in [5.74, 6) is 1.17. The molecule has 0 bridgehead atoms. The van der Waals surface area contributed by atoms with Gasteiger partial charge in [-0.3, -0.25) is 4.99 Å². The van der Waals surface area contributed by atoms with Gasteiger partial charge in [-0.25, -0.2) is 4.39 Å². The van der Waals surface area contributed by atoms with Crippen LogP contribution in [0.1, 0.15) is 11.1 Å². The fourth-order valence-electron chi connectivity index (χ4n) is 3.16. The average Bonchev–Trinajstić information content (AvgIpc) is 2.56. The van der Waals surface area contributed by atoms with Crippen molar-refractivity contribution in [1.29, 1.82) is 0 Å². The lowest BCUT2D eigenvalue weighted by Gasteiger charge is -2.39. The van der Waals surface area contributed by atoms with Crippen molar-refractivity contribution in [3.05, 3.63) is 51.7 Å². The molecule has 1 atom stereocenters. The largest absolute Gasteiger partial charge is 0.497 e. The van der Waals surface area contributed by atoms with Crippen molar-refractivity contribution in [2.75, 3.05) is 20.3 Å². The summed E-state index contributed by atoms with van der Waals surface area (Å²) < 4.78 is 31.9. The lowest BCUT2D eigenvalue weighted by molar-refractivity contribution is 0.109. The molecule has 0 amide bonds. The second-order valence-electron chi connectivity index (χ2n) is 5.68.